The molecule has 0 aliphatic rings. The van der Waals surface area contributed by atoms with Crippen molar-refractivity contribution in [3.63, 3.8) is 0 Å². The van der Waals surface area contributed by atoms with Gasteiger partial charge < -0.3 is 18.9 Å². The number of hydrogen-bond acceptors (Lipinski definition) is 5. The quantitative estimate of drug-likeness (QED) is 0.495. The highest BCUT2D eigenvalue weighted by Gasteiger charge is 2.31. The van der Waals surface area contributed by atoms with Crippen molar-refractivity contribution in [3.05, 3.63) is 22.5 Å². The standard InChI is InChI=1S/C19H30N2O5/c1-8-15(22)21(10-11-25-7)14(5)18(23)16-12(3)17(19(24)26-9-2)20(6)13(16)4/h14H,8-11H2,1-7H3. The van der Waals surface area contributed by atoms with Crippen molar-refractivity contribution in [1.29, 1.82) is 0 Å². The zero-order chi connectivity index (χ0) is 20.0. The number of carbonyl (C=O) groups excluding carboxylic acids is 3. The highest BCUT2D eigenvalue weighted by molar-refractivity contribution is 6.06. The van der Waals surface area contributed by atoms with Gasteiger partial charge in [-0.25, -0.2) is 4.79 Å². The van der Waals surface area contributed by atoms with Gasteiger partial charge in [0.15, 0.2) is 5.78 Å². The molecule has 26 heavy (non-hydrogen) atoms. The number of nitrogens with zero attached hydrogens (tertiary/aromatic N) is 2. The fourth-order valence-electron chi connectivity index (χ4n) is 3.11. The molecular formula is C19H30N2O5. The number of aromatic nitrogens is 1. The number of methoxy groups -OCH3 is 1. The number of ether oxygens (including phenoxy) is 2. The van der Waals surface area contributed by atoms with E-state index in [1.807, 2.05) is 0 Å². The summed E-state index contributed by atoms with van der Waals surface area (Å²) in [6, 6.07) is -0.646. The van der Waals surface area contributed by atoms with Crippen LogP contribution in [0.4, 0.5) is 0 Å². The van der Waals surface area contributed by atoms with Crippen LogP contribution in [-0.4, -0.2) is 60.0 Å². The van der Waals surface area contributed by atoms with Crippen LogP contribution >= 0.6 is 0 Å². The molecule has 0 radical (unpaired) electrons. The zero-order valence-corrected chi connectivity index (χ0v) is 16.8. The third-order valence-electron chi connectivity index (χ3n) is 4.65. The van der Waals surface area contributed by atoms with E-state index in [-0.39, 0.29) is 18.3 Å². The van der Waals surface area contributed by atoms with E-state index >= 15 is 0 Å². The molecule has 0 fully saturated rings. The smallest absolute Gasteiger partial charge is 0.355 e. The first kappa shape index (κ1) is 21.9. The maximum atomic E-state index is 13.2. The van der Waals surface area contributed by atoms with E-state index in [0.717, 1.165) is 0 Å². The molecule has 0 saturated heterocycles. The molecule has 0 N–H and O–H groups in total. The lowest BCUT2D eigenvalue weighted by atomic mass is 9.99. The van der Waals surface area contributed by atoms with Gasteiger partial charge >= 0.3 is 5.97 Å². The molecule has 1 unspecified atom stereocenters. The minimum absolute atomic E-state index is 0.111. The lowest BCUT2D eigenvalue weighted by Gasteiger charge is -2.28. The van der Waals surface area contributed by atoms with Gasteiger partial charge in [-0.3, -0.25) is 9.59 Å². The van der Waals surface area contributed by atoms with Crippen molar-refractivity contribution in [1.82, 2.24) is 9.47 Å². The molecule has 1 aromatic rings. The second kappa shape index (κ2) is 9.52. The molecule has 0 aromatic carbocycles. The summed E-state index contributed by atoms with van der Waals surface area (Å²) in [5.41, 5.74) is 2.09. The van der Waals surface area contributed by atoms with Gasteiger partial charge in [0.05, 0.1) is 19.3 Å². The molecule has 0 bridgehead atoms. The largest absolute Gasteiger partial charge is 0.461 e. The average molecular weight is 366 g/mol. The Hall–Kier alpha value is -2.15. The Morgan fingerprint density at radius 3 is 2.31 bits per heavy atom. The van der Waals surface area contributed by atoms with Crippen LogP contribution in [0.25, 0.3) is 0 Å². The van der Waals surface area contributed by atoms with Gasteiger partial charge in [0, 0.05) is 38.4 Å². The number of amides is 1. The van der Waals surface area contributed by atoms with Gasteiger partial charge in [-0.05, 0) is 33.3 Å². The van der Waals surface area contributed by atoms with E-state index < -0.39 is 12.0 Å². The molecule has 0 spiro atoms. The number of rotatable bonds is 9. The summed E-state index contributed by atoms with van der Waals surface area (Å²) < 4.78 is 11.8. The molecule has 1 heterocycles. The Morgan fingerprint density at radius 2 is 1.81 bits per heavy atom. The minimum atomic E-state index is -0.646. The van der Waals surface area contributed by atoms with Gasteiger partial charge in [0.1, 0.15) is 5.69 Å². The van der Waals surface area contributed by atoms with Crippen LogP contribution in [0.5, 0.6) is 0 Å². The Kier molecular flexibility index (Phi) is 8.02. The third kappa shape index (κ3) is 4.33. The van der Waals surface area contributed by atoms with Crippen molar-refractivity contribution in [2.75, 3.05) is 26.9 Å². The van der Waals surface area contributed by atoms with E-state index in [1.165, 1.54) is 4.90 Å². The van der Waals surface area contributed by atoms with E-state index in [4.69, 9.17) is 9.47 Å². The molecule has 0 saturated carbocycles. The number of hydrogen-bond donors (Lipinski definition) is 0. The van der Waals surface area contributed by atoms with Crippen LogP contribution in [0, 0.1) is 13.8 Å². The van der Waals surface area contributed by atoms with E-state index in [0.29, 0.717) is 42.1 Å². The summed E-state index contributed by atoms with van der Waals surface area (Å²) in [7, 11) is 3.29. The summed E-state index contributed by atoms with van der Waals surface area (Å²) in [6.07, 6.45) is 0.308. The summed E-state index contributed by atoms with van der Waals surface area (Å²) in [4.78, 5) is 39.2. The monoisotopic (exact) mass is 366 g/mol. The van der Waals surface area contributed by atoms with Gasteiger partial charge in [0.2, 0.25) is 5.91 Å². The molecule has 1 rings (SSSR count). The van der Waals surface area contributed by atoms with Crippen LogP contribution in [0.2, 0.25) is 0 Å². The van der Waals surface area contributed by atoms with E-state index in [2.05, 4.69) is 0 Å². The van der Waals surface area contributed by atoms with Gasteiger partial charge in [0.25, 0.3) is 0 Å². The van der Waals surface area contributed by atoms with Crippen LogP contribution in [0.15, 0.2) is 0 Å². The molecule has 0 aliphatic heterocycles. The first-order chi connectivity index (χ1) is 12.2. The van der Waals surface area contributed by atoms with Crippen molar-refractivity contribution >= 4 is 17.7 Å². The Balaban J connectivity index is 3.28. The van der Waals surface area contributed by atoms with Crippen LogP contribution < -0.4 is 0 Å². The lowest BCUT2D eigenvalue weighted by molar-refractivity contribution is -0.132. The first-order valence-electron chi connectivity index (χ1n) is 8.88. The van der Waals surface area contributed by atoms with Crippen molar-refractivity contribution in [3.8, 4) is 0 Å². The van der Waals surface area contributed by atoms with Crippen molar-refractivity contribution in [2.24, 2.45) is 7.05 Å². The number of esters is 1. The highest BCUT2D eigenvalue weighted by Crippen LogP contribution is 2.24. The molecule has 146 valence electrons. The van der Waals surface area contributed by atoms with E-state index in [1.54, 1.807) is 53.3 Å². The normalized spacial score (nSPS) is 12.0. The fraction of sp³-hybridized carbons (Fsp3) is 0.632. The van der Waals surface area contributed by atoms with Crippen LogP contribution in [-0.2, 0) is 21.3 Å². The summed E-state index contributed by atoms with van der Waals surface area (Å²) >= 11 is 0. The Morgan fingerprint density at radius 1 is 1.19 bits per heavy atom. The summed E-state index contributed by atoms with van der Waals surface area (Å²) in [5, 5.41) is 0. The van der Waals surface area contributed by atoms with Gasteiger partial charge in [-0.15, -0.1) is 0 Å². The zero-order valence-electron chi connectivity index (χ0n) is 16.8. The molecule has 1 aromatic heterocycles. The summed E-state index contributed by atoms with van der Waals surface area (Å²) in [6.45, 7) is 9.69. The maximum absolute atomic E-state index is 13.2. The van der Waals surface area contributed by atoms with Crippen molar-refractivity contribution < 1.29 is 23.9 Å². The number of carbonyl (C=O) groups is 3. The highest BCUT2D eigenvalue weighted by atomic mass is 16.5. The number of Topliss-reactive ketones (excluding diaryl/α,β-unsaturated/α-hetero) is 1. The maximum Gasteiger partial charge on any atom is 0.355 e. The SMILES string of the molecule is CCOC(=O)c1c(C)c(C(=O)C(C)N(CCOC)C(=O)CC)c(C)n1C. The lowest BCUT2D eigenvalue weighted by Crippen LogP contribution is -2.45. The van der Waals surface area contributed by atoms with Crippen LogP contribution in [0.3, 0.4) is 0 Å². The minimum Gasteiger partial charge on any atom is -0.461 e. The van der Waals surface area contributed by atoms with Gasteiger partial charge in [-0.2, -0.15) is 0 Å². The third-order valence-corrected chi connectivity index (χ3v) is 4.65. The van der Waals surface area contributed by atoms with Crippen LogP contribution in [0.1, 0.15) is 59.3 Å². The Bertz CT molecular complexity index is 678. The molecular weight excluding hydrogens is 336 g/mol. The second-order valence-corrected chi connectivity index (χ2v) is 6.19. The second-order valence-electron chi connectivity index (χ2n) is 6.19. The van der Waals surface area contributed by atoms with Crippen molar-refractivity contribution in [2.45, 2.75) is 47.1 Å². The molecule has 7 heteroatoms. The average Bonchev–Trinajstić information content (AvgIpc) is 2.83. The Labute approximate surface area is 155 Å². The van der Waals surface area contributed by atoms with E-state index in [9.17, 15) is 14.4 Å². The first-order valence-corrected chi connectivity index (χ1v) is 8.88. The van der Waals surface area contributed by atoms with Gasteiger partial charge in [-0.1, -0.05) is 6.92 Å². The predicted molar refractivity (Wildman–Crippen MR) is 98.5 cm³/mol. The number of ketones is 1. The fourth-order valence-corrected chi connectivity index (χ4v) is 3.11. The summed E-state index contributed by atoms with van der Waals surface area (Å²) in [5.74, 6) is -0.757. The predicted octanol–water partition coefficient (Wildman–Crippen LogP) is 2.27. The topological polar surface area (TPSA) is 77.8 Å². The molecule has 0 aliphatic carbocycles. The molecule has 7 nitrogen and oxygen atoms in total. The molecule has 1 atom stereocenters. The molecule has 1 amide bonds.